The fourth-order valence-electron chi connectivity index (χ4n) is 9.32. The second-order valence-corrected chi connectivity index (χ2v) is 21.9. The van der Waals surface area contributed by atoms with Gasteiger partial charge in [0.2, 0.25) is 23.3 Å². The number of pyridine rings is 1. The van der Waals surface area contributed by atoms with Gasteiger partial charge in [0.25, 0.3) is 11.8 Å². The molecule has 6 N–H and O–H groups in total. The molecule has 2 saturated heterocycles. The van der Waals surface area contributed by atoms with Gasteiger partial charge in [-0.1, -0.05) is 63.2 Å². The summed E-state index contributed by atoms with van der Waals surface area (Å²) < 4.78 is 63.9. The van der Waals surface area contributed by atoms with Crippen molar-refractivity contribution >= 4 is 52.2 Å². The molecule has 3 atom stereocenters. The first-order valence-corrected chi connectivity index (χ1v) is 28.0. The van der Waals surface area contributed by atoms with Crippen molar-refractivity contribution in [2.45, 2.75) is 71.4 Å². The second kappa shape index (κ2) is 29.3. The van der Waals surface area contributed by atoms with Gasteiger partial charge in [0.05, 0.1) is 97.5 Å². The van der Waals surface area contributed by atoms with E-state index in [1.54, 1.807) is 53.2 Å². The molecule has 2 aromatic heterocycles. The summed E-state index contributed by atoms with van der Waals surface area (Å²) in [5.41, 5.74) is 3.54. The molecule has 442 valence electrons. The van der Waals surface area contributed by atoms with Gasteiger partial charge in [-0.15, -0.1) is 11.3 Å². The summed E-state index contributed by atoms with van der Waals surface area (Å²) in [5, 5.41) is 21.8. The minimum absolute atomic E-state index is 0.0131. The van der Waals surface area contributed by atoms with E-state index in [1.807, 2.05) is 70.0 Å². The van der Waals surface area contributed by atoms with Crippen LogP contribution in [0.5, 0.6) is 0 Å². The lowest BCUT2D eigenvalue weighted by atomic mass is 9.85. The first-order chi connectivity index (χ1) is 39.2. The smallest absolute Gasteiger partial charge is 0.391 e. The van der Waals surface area contributed by atoms with Crippen LogP contribution in [0.25, 0.3) is 21.6 Å². The van der Waals surface area contributed by atoms with Crippen molar-refractivity contribution in [3.63, 3.8) is 0 Å². The fourth-order valence-corrected chi connectivity index (χ4v) is 10.1. The lowest BCUT2D eigenvalue weighted by molar-refractivity contribution is -0.144. The Balaban J connectivity index is 0.745. The molecule has 0 aliphatic carbocycles. The first kappa shape index (κ1) is 62.5. The number of likely N-dealkylation sites (N-methyl/N-ethyl adjacent to an activating group) is 1. The summed E-state index contributed by atoms with van der Waals surface area (Å²) in [7, 11) is 1.99. The Morgan fingerprint density at radius 1 is 0.793 bits per heavy atom. The van der Waals surface area contributed by atoms with Gasteiger partial charge < -0.3 is 65.0 Å². The Labute approximate surface area is 478 Å². The van der Waals surface area contributed by atoms with Gasteiger partial charge in [-0.3, -0.25) is 28.8 Å². The number of benzene rings is 3. The number of anilines is 2. The minimum Gasteiger partial charge on any atom is -0.391 e. The van der Waals surface area contributed by atoms with Crippen molar-refractivity contribution in [1.82, 2.24) is 35.7 Å². The van der Waals surface area contributed by atoms with Gasteiger partial charge in [0.15, 0.2) is 0 Å². The summed E-state index contributed by atoms with van der Waals surface area (Å²) >= 11 is 1.56. The number of alkyl halides is 3. The van der Waals surface area contributed by atoms with Crippen molar-refractivity contribution in [2.75, 3.05) is 109 Å². The van der Waals surface area contributed by atoms with Crippen LogP contribution in [0.3, 0.4) is 0 Å². The number of aromatic amines is 1. The summed E-state index contributed by atoms with van der Waals surface area (Å²) in [5.74, 6) is -2.60. The van der Waals surface area contributed by atoms with Crippen LogP contribution in [0.4, 0.5) is 24.5 Å². The van der Waals surface area contributed by atoms with Gasteiger partial charge in [-0.2, -0.15) is 13.2 Å². The standard InChI is InChI=1S/C58H72F3N9O11S/c1-37-51(82-36-65-37)40-8-6-38(7-9-40)33-64-55(76)48-31-43(71)35-70(48)56(77)52(57(2,3)4)67-49(72)16-22-78-24-26-80-28-29-81-27-25-79-23-17-62-53(74)41-12-10-39(11-13-41)42-14-15-47(69-20-18-68(5)19-21-69)46(30-42)66-54(75)44-34-63-50(73)32-45(44)58(59,60)61/h6-15,30,32,34,36,43,48,52,71H,16-29,31,33,35H2,1-5H3,(H,62,74)(H,63,73)(H,64,76)(H,66,75)(H,67,72). The average Bonchev–Trinajstić information content (AvgIpc) is 4.24. The molecule has 0 spiro atoms. The van der Waals surface area contributed by atoms with Crippen LogP contribution in [-0.2, 0) is 46.1 Å². The van der Waals surface area contributed by atoms with Crippen molar-refractivity contribution in [2.24, 2.45) is 5.41 Å². The quantitative estimate of drug-likeness (QED) is 0.0375. The lowest BCUT2D eigenvalue weighted by Gasteiger charge is -2.35. The van der Waals surface area contributed by atoms with Crippen LogP contribution in [0, 0.1) is 12.3 Å². The summed E-state index contributed by atoms with van der Waals surface area (Å²) in [6, 6.07) is 18.4. The zero-order valence-corrected chi connectivity index (χ0v) is 47.5. The number of hydrogen-bond acceptors (Lipinski definition) is 15. The van der Waals surface area contributed by atoms with Gasteiger partial charge >= 0.3 is 6.18 Å². The number of nitrogens with zero attached hydrogens (tertiary/aromatic N) is 4. The molecule has 20 nitrogen and oxygen atoms in total. The highest BCUT2D eigenvalue weighted by atomic mass is 32.1. The van der Waals surface area contributed by atoms with E-state index in [0.717, 1.165) is 41.0 Å². The number of H-pyrrole nitrogens is 1. The highest BCUT2D eigenvalue weighted by molar-refractivity contribution is 7.13. The van der Waals surface area contributed by atoms with Crippen molar-refractivity contribution in [3.8, 4) is 21.6 Å². The molecule has 3 unspecified atom stereocenters. The van der Waals surface area contributed by atoms with E-state index in [9.17, 15) is 47.0 Å². The SMILES string of the molecule is Cc1ncsc1-c1ccc(CNC(=O)C2CC(O)CN2C(=O)C(NC(=O)CCOCCOCCOCCOCCNC(=O)c2ccc(-c3ccc(N4CCN(C)CC4)c(NC(=O)c4c[nH]c(=O)cc4C(F)(F)F)c3)cc2)C(C)(C)C)cc1. The lowest BCUT2D eigenvalue weighted by Crippen LogP contribution is -2.57. The maximum atomic E-state index is 14.0. The predicted molar refractivity (Wildman–Crippen MR) is 303 cm³/mol. The zero-order chi connectivity index (χ0) is 59.0. The molecule has 0 radical (unpaired) electrons. The first-order valence-electron chi connectivity index (χ1n) is 27.1. The molecular formula is C58H72F3N9O11S. The number of rotatable bonds is 26. The number of likely N-dealkylation sites (tertiary alicyclic amines) is 1. The Hall–Kier alpha value is -7.06. The van der Waals surface area contributed by atoms with Crippen LogP contribution >= 0.6 is 11.3 Å². The van der Waals surface area contributed by atoms with Crippen LogP contribution in [-0.4, -0.2) is 172 Å². The number of carbonyl (C=O) groups excluding carboxylic acids is 5. The third kappa shape index (κ3) is 17.7. The number of β-amino-alcohol motifs (C(OH)–C–C–N with tert-alkyl or cyclic N) is 1. The molecule has 82 heavy (non-hydrogen) atoms. The number of carbonyl (C=O) groups is 5. The number of amides is 5. The molecule has 24 heteroatoms. The average molecular weight is 1160 g/mol. The van der Waals surface area contributed by atoms with E-state index in [1.165, 1.54) is 4.90 Å². The number of aromatic nitrogens is 2. The topological polar surface area (TPSA) is 246 Å². The number of ether oxygens (including phenoxy) is 4. The predicted octanol–water partition coefficient (Wildman–Crippen LogP) is 5.49. The minimum atomic E-state index is -4.94. The molecule has 2 fully saturated rings. The summed E-state index contributed by atoms with van der Waals surface area (Å²) in [6.45, 7) is 12.6. The number of piperazine rings is 1. The van der Waals surface area contributed by atoms with Crippen molar-refractivity contribution < 1.29 is 61.2 Å². The van der Waals surface area contributed by atoms with Crippen LogP contribution in [0.15, 0.2) is 89.3 Å². The molecule has 2 aliphatic rings. The molecule has 5 aromatic rings. The number of aliphatic hydroxyl groups excluding tert-OH is 1. The normalized spacial score (nSPS) is 16.2. The maximum Gasteiger partial charge on any atom is 0.417 e. The zero-order valence-electron chi connectivity index (χ0n) is 46.7. The third-order valence-corrected chi connectivity index (χ3v) is 14.9. The highest BCUT2D eigenvalue weighted by Crippen LogP contribution is 2.36. The van der Waals surface area contributed by atoms with Crippen molar-refractivity contribution in [1.29, 1.82) is 0 Å². The molecule has 5 amide bonds. The number of halogens is 3. The van der Waals surface area contributed by atoms with E-state index < -0.39 is 64.2 Å². The fraction of sp³-hybridized carbons (Fsp3) is 0.466. The number of aryl methyl sites for hydroxylation is 1. The Kier molecular flexibility index (Phi) is 22.3. The van der Waals surface area contributed by atoms with Crippen LogP contribution in [0.1, 0.15) is 71.1 Å². The van der Waals surface area contributed by atoms with Crippen molar-refractivity contribution in [3.05, 3.63) is 123 Å². The van der Waals surface area contributed by atoms with Crippen LogP contribution < -0.4 is 31.7 Å². The van der Waals surface area contributed by atoms with E-state index in [2.05, 4.69) is 36.1 Å². The maximum absolute atomic E-state index is 14.0. The van der Waals surface area contributed by atoms with Gasteiger partial charge in [-0.05, 0) is 65.9 Å². The highest BCUT2D eigenvalue weighted by Gasteiger charge is 2.44. The van der Waals surface area contributed by atoms with E-state index in [4.69, 9.17) is 18.9 Å². The van der Waals surface area contributed by atoms with E-state index >= 15 is 0 Å². The van der Waals surface area contributed by atoms with Crippen LogP contribution in [0.2, 0.25) is 0 Å². The van der Waals surface area contributed by atoms with E-state index in [0.29, 0.717) is 61.4 Å². The van der Waals surface area contributed by atoms with E-state index in [-0.39, 0.29) is 83.0 Å². The molecule has 2 aliphatic heterocycles. The molecule has 4 heterocycles. The monoisotopic (exact) mass is 1160 g/mol. The molecule has 7 rings (SSSR count). The Morgan fingerprint density at radius 2 is 1.41 bits per heavy atom. The Morgan fingerprint density at radius 3 is 2.04 bits per heavy atom. The van der Waals surface area contributed by atoms with Gasteiger partial charge in [0, 0.05) is 76.5 Å². The van der Waals surface area contributed by atoms with Gasteiger partial charge in [0.1, 0.15) is 12.1 Å². The Bertz CT molecular complexity index is 3020. The number of aliphatic hydroxyl groups is 1. The molecule has 3 aromatic carbocycles. The summed E-state index contributed by atoms with van der Waals surface area (Å²) in [4.78, 5) is 91.6. The summed E-state index contributed by atoms with van der Waals surface area (Å²) in [6.07, 6.45) is -5.00. The second-order valence-electron chi connectivity index (χ2n) is 21.1. The number of thiazole rings is 1. The van der Waals surface area contributed by atoms with Gasteiger partial charge in [-0.25, -0.2) is 4.98 Å². The molecule has 0 saturated carbocycles. The third-order valence-electron chi connectivity index (χ3n) is 13.9. The molecule has 0 bridgehead atoms. The number of hydrogen-bond donors (Lipinski definition) is 6. The largest absolute Gasteiger partial charge is 0.417 e. The molecular weight excluding hydrogens is 1090 g/mol. The number of nitrogens with one attached hydrogen (secondary N) is 5.